The minimum Gasteiger partial charge on any atom is -0.468 e. The monoisotopic (exact) mass is 342 g/mol. The summed E-state index contributed by atoms with van der Waals surface area (Å²) in [5.41, 5.74) is 1.25. The van der Waals surface area contributed by atoms with Gasteiger partial charge in [-0.25, -0.2) is 0 Å². The van der Waals surface area contributed by atoms with E-state index in [2.05, 4.69) is 51.6 Å². The summed E-state index contributed by atoms with van der Waals surface area (Å²) in [6, 6.07) is 4.22. The van der Waals surface area contributed by atoms with Crippen molar-refractivity contribution in [2.45, 2.75) is 26.6 Å². The summed E-state index contributed by atoms with van der Waals surface area (Å²) in [6.07, 6.45) is 1.78. The third kappa shape index (κ3) is 4.45. The minimum atomic E-state index is 0.837. The molecule has 3 nitrogen and oxygen atoms in total. The zero-order valence-electron chi connectivity index (χ0n) is 11.3. The van der Waals surface area contributed by atoms with Crippen LogP contribution in [0.3, 0.4) is 0 Å². The van der Waals surface area contributed by atoms with Gasteiger partial charge in [-0.15, -0.1) is 11.3 Å². The van der Waals surface area contributed by atoms with E-state index in [1.165, 1.54) is 10.4 Å². The molecule has 2 heterocycles. The van der Waals surface area contributed by atoms with Crippen molar-refractivity contribution in [3.05, 3.63) is 44.4 Å². The first kappa shape index (κ1) is 14.8. The van der Waals surface area contributed by atoms with Crippen LogP contribution in [-0.4, -0.2) is 18.5 Å². The highest BCUT2D eigenvalue weighted by Gasteiger charge is 2.10. The van der Waals surface area contributed by atoms with Gasteiger partial charge in [0.2, 0.25) is 0 Å². The fraction of sp³-hybridized carbons (Fsp3) is 0.429. The third-order valence-electron chi connectivity index (χ3n) is 2.86. The fourth-order valence-corrected chi connectivity index (χ4v) is 3.46. The standard InChI is InChI=1S/C14H19BrN2OS/c1-3-16-7-11-4-5-18-14(11)9-17(2)8-13-6-12(15)10-19-13/h4-6,10,16H,3,7-9H2,1-2H3. The Kier molecular flexibility index (Phi) is 5.63. The molecular weight excluding hydrogens is 324 g/mol. The summed E-state index contributed by atoms with van der Waals surface area (Å²) in [5, 5.41) is 5.45. The van der Waals surface area contributed by atoms with Gasteiger partial charge in [0.05, 0.1) is 12.8 Å². The second kappa shape index (κ2) is 7.24. The Labute approximate surface area is 126 Å². The molecule has 5 heteroatoms. The molecule has 2 rings (SSSR count). The highest BCUT2D eigenvalue weighted by atomic mass is 79.9. The van der Waals surface area contributed by atoms with Gasteiger partial charge in [0.1, 0.15) is 5.76 Å². The van der Waals surface area contributed by atoms with Gasteiger partial charge in [-0.05, 0) is 41.7 Å². The van der Waals surface area contributed by atoms with E-state index in [0.29, 0.717) is 0 Å². The lowest BCUT2D eigenvalue weighted by atomic mass is 10.2. The highest BCUT2D eigenvalue weighted by Crippen LogP contribution is 2.22. The second-order valence-corrected chi connectivity index (χ2v) is 6.46. The van der Waals surface area contributed by atoms with Gasteiger partial charge in [0.25, 0.3) is 0 Å². The number of furan rings is 1. The van der Waals surface area contributed by atoms with Crippen LogP contribution in [0.1, 0.15) is 23.1 Å². The van der Waals surface area contributed by atoms with Crippen LogP contribution in [0.2, 0.25) is 0 Å². The molecule has 0 unspecified atom stereocenters. The SMILES string of the molecule is CCNCc1ccoc1CN(C)Cc1cc(Br)cs1. The average molecular weight is 343 g/mol. The molecule has 104 valence electrons. The molecule has 2 aromatic heterocycles. The highest BCUT2D eigenvalue weighted by molar-refractivity contribution is 9.10. The van der Waals surface area contributed by atoms with E-state index in [9.17, 15) is 0 Å². The smallest absolute Gasteiger partial charge is 0.122 e. The lowest BCUT2D eigenvalue weighted by molar-refractivity contribution is 0.288. The number of rotatable bonds is 7. The van der Waals surface area contributed by atoms with E-state index in [1.807, 2.05) is 6.07 Å². The minimum absolute atomic E-state index is 0.837. The molecule has 0 saturated carbocycles. The molecule has 1 N–H and O–H groups in total. The first-order valence-corrected chi connectivity index (χ1v) is 8.03. The van der Waals surface area contributed by atoms with Gasteiger partial charge in [-0.3, -0.25) is 4.90 Å². The van der Waals surface area contributed by atoms with Crippen molar-refractivity contribution in [1.82, 2.24) is 10.2 Å². The van der Waals surface area contributed by atoms with Gasteiger partial charge >= 0.3 is 0 Å². The third-order valence-corrected chi connectivity index (χ3v) is 4.55. The molecule has 0 bridgehead atoms. The predicted molar refractivity (Wildman–Crippen MR) is 83.3 cm³/mol. The maximum atomic E-state index is 5.59. The molecular formula is C14H19BrN2OS. The lowest BCUT2D eigenvalue weighted by Crippen LogP contribution is -2.18. The fourth-order valence-electron chi connectivity index (χ4n) is 1.93. The van der Waals surface area contributed by atoms with E-state index in [1.54, 1.807) is 17.6 Å². The van der Waals surface area contributed by atoms with E-state index in [4.69, 9.17) is 4.42 Å². The molecule has 0 fully saturated rings. The summed E-state index contributed by atoms with van der Waals surface area (Å²) in [6.45, 7) is 5.74. The summed E-state index contributed by atoms with van der Waals surface area (Å²) in [7, 11) is 2.12. The normalized spacial score (nSPS) is 11.4. The van der Waals surface area contributed by atoms with Gasteiger partial charge in [-0.1, -0.05) is 6.92 Å². The second-order valence-electron chi connectivity index (χ2n) is 4.55. The van der Waals surface area contributed by atoms with Crippen molar-refractivity contribution < 1.29 is 4.42 Å². The van der Waals surface area contributed by atoms with E-state index < -0.39 is 0 Å². The largest absolute Gasteiger partial charge is 0.468 e. The molecule has 0 aliphatic heterocycles. The molecule has 2 aromatic rings. The number of halogens is 1. The molecule has 19 heavy (non-hydrogen) atoms. The van der Waals surface area contributed by atoms with E-state index in [0.717, 1.165) is 36.4 Å². The Hall–Kier alpha value is -0.620. The average Bonchev–Trinajstić information content (AvgIpc) is 2.96. The number of hydrogen-bond donors (Lipinski definition) is 1. The molecule has 0 radical (unpaired) electrons. The van der Waals surface area contributed by atoms with Crippen LogP contribution < -0.4 is 5.32 Å². The Morgan fingerprint density at radius 1 is 1.42 bits per heavy atom. The summed E-state index contributed by atoms with van der Waals surface area (Å²) in [5.74, 6) is 1.05. The number of nitrogens with one attached hydrogen (secondary N) is 1. The molecule has 0 amide bonds. The quantitative estimate of drug-likeness (QED) is 0.828. The molecule has 0 aliphatic carbocycles. The molecule has 0 atom stereocenters. The van der Waals surface area contributed by atoms with Gasteiger partial charge in [-0.2, -0.15) is 0 Å². The van der Waals surface area contributed by atoms with Gasteiger partial charge in [0.15, 0.2) is 0 Å². The molecule has 0 spiro atoms. The van der Waals surface area contributed by atoms with Crippen LogP contribution in [0.15, 0.2) is 32.7 Å². The Balaban J connectivity index is 1.91. The van der Waals surface area contributed by atoms with E-state index in [-0.39, 0.29) is 0 Å². The predicted octanol–water partition coefficient (Wildman–Crippen LogP) is 3.85. The van der Waals surface area contributed by atoms with Crippen molar-refractivity contribution in [3.63, 3.8) is 0 Å². The molecule has 0 aromatic carbocycles. The number of nitrogens with zero attached hydrogens (tertiary/aromatic N) is 1. The van der Waals surface area contributed by atoms with Crippen molar-refractivity contribution in [1.29, 1.82) is 0 Å². The van der Waals surface area contributed by atoms with Crippen molar-refractivity contribution >= 4 is 27.3 Å². The van der Waals surface area contributed by atoms with Crippen LogP contribution in [0, 0.1) is 0 Å². The maximum absolute atomic E-state index is 5.59. The van der Waals surface area contributed by atoms with Crippen LogP contribution in [0.25, 0.3) is 0 Å². The Morgan fingerprint density at radius 3 is 2.95 bits per heavy atom. The van der Waals surface area contributed by atoms with Gasteiger partial charge < -0.3 is 9.73 Å². The van der Waals surface area contributed by atoms with Crippen molar-refractivity contribution in [2.75, 3.05) is 13.6 Å². The summed E-state index contributed by atoms with van der Waals surface area (Å²) < 4.78 is 6.75. The van der Waals surface area contributed by atoms with Crippen molar-refractivity contribution in [3.8, 4) is 0 Å². The van der Waals surface area contributed by atoms with Crippen molar-refractivity contribution in [2.24, 2.45) is 0 Å². The zero-order valence-corrected chi connectivity index (χ0v) is 13.7. The maximum Gasteiger partial charge on any atom is 0.122 e. The topological polar surface area (TPSA) is 28.4 Å². The first-order chi connectivity index (χ1) is 9.19. The van der Waals surface area contributed by atoms with E-state index >= 15 is 0 Å². The van der Waals surface area contributed by atoms with Crippen LogP contribution in [-0.2, 0) is 19.6 Å². The molecule has 0 aliphatic rings. The molecule has 0 saturated heterocycles. The summed E-state index contributed by atoms with van der Waals surface area (Å²) >= 11 is 5.26. The first-order valence-electron chi connectivity index (χ1n) is 6.36. The van der Waals surface area contributed by atoms with Gasteiger partial charge in [0, 0.05) is 33.4 Å². The van der Waals surface area contributed by atoms with Crippen LogP contribution in [0.5, 0.6) is 0 Å². The zero-order chi connectivity index (χ0) is 13.7. The van der Waals surface area contributed by atoms with Crippen LogP contribution >= 0.6 is 27.3 Å². The van der Waals surface area contributed by atoms with Crippen LogP contribution in [0.4, 0.5) is 0 Å². The number of thiophene rings is 1. The Bertz CT molecular complexity index is 509. The lowest BCUT2D eigenvalue weighted by Gasteiger charge is -2.15. The number of hydrogen-bond acceptors (Lipinski definition) is 4. The summed E-state index contributed by atoms with van der Waals surface area (Å²) in [4.78, 5) is 3.63. The Morgan fingerprint density at radius 2 is 2.26 bits per heavy atom.